The van der Waals surface area contributed by atoms with Crippen molar-refractivity contribution >= 4 is 17.8 Å². The molecule has 25 heavy (non-hydrogen) atoms. The third-order valence-electron chi connectivity index (χ3n) is 4.70. The average molecular weight is 354 g/mol. The molecule has 0 saturated heterocycles. The van der Waals surface area contributed by atoms with Gasteiger partial charge in [-0.05, 0) is 58.6 Å². The quantitative estimate of drug-likeness (QED) is 0.543. The molecule has 1 fully saturated rings. The van der Waals surface area contributed by atoms with Crippen LogP contribution in [0.2, 0.25) is 0 Å². The number of rotatable bonds is 7. The molecule has 2 rings (SSSR count). The number of hydrogen-bond donors (Lipinski definition) is 1. The van der Waals surface area contributed by atoms with Crippen LogP contribution in [0.1, 0.15) is 40.5 Å². The molecule has 1 aliphatic rings. The number of para-hydroxylation sites is 2. The van der Waals surface area contributed by atoms with Crippen molar-refractivity contribution in [3.05, 3.63) is 35.9 Å². The molecule has 1 aliphatic carbocycles. The molecule has 1 amide bonds. The molecule has 0 aromatic heterocycles. The van der Waals surface area contributed by atoms with Crippen molar-refractivity contribution < 1.29 is 18.0 Å². The minimum absolute atomic E-state index is 0.249. The van der Waals surface area contributed by atoms with E-state index in [1.165, 1.54) is 17.9 Å². The molecule has 6 heteroatoms. The molecule has 1 unspecified atom stereocenters. The van der Waals surface area contributed by atoms with Crippen LogP contribution in [0.15, 0.2) is 35.9 Å². The van der Waals surface area contributed by atoms with Crippen LogP contribution in [0.4, 0.5) is 24.5 Å². The van der Waals surface area contributed by atoms with Crippen molar-refractivity contribution in [1.82, 2.24) is 0 Å². The van der Waals surface area contributed by atoms with Crippen LogP contribution >= 0.6 is 0 Å². The summed E-state index contributed by atoms with van der Waals surface area (Å²) in [4.78, 5) is 12.2. The van der Waals surface area contributed by atoms with Crippen LogP contribution < -0.4 is 10.2 Å². The topological polar surface area (TPSA) is 32.3 Å². The minimum atomic E-state index is -4.47. The number of carbonyl (C=O) groups is 1. The maximum atomic E-state index is 14.2. The van der Waals surface area contributed by atoms with E-state index in [1.54, 1.807) is 45.0 Å². The van der Waals surface area contributed by atoms with Gasteiger partial charge in [0, 0.05) is 6.04 Å². The highest BCUT2D eigenvalue weighted by Gasteiger charge is 2.55. The molecule has 0 heterocycles. The van der Waals surface area contributed by atoms with E-state index in [0.717, 1.165) is 18.4 Å². The van der Waals surface area contributed by atoms with Crippen molar-refractivity contribution in [3.8, 4) is 0 Å². The predicted octanol–water partition coefficient (Wildman–Crippen LogP) is 5.15. The van der Waals surface area contributed by atoms with Gasteiger partial charge in [-0.1, -0.05) is 23.8 Å². The van der Waals surface area contributed by atoms with Gasteiger partial charge in [-0.3, -0.25) is 4.79 Å². The zero-order valence-electron chi connectivity index (χ0n) is 15.0. The van der Waals surface area contributed by atoms with E-state index in [-0.39, 0.29) is 5.92 Å². The summed E-state index contributed by atoms with van der Waals surface area (Å²) in [5, 5.41) is 2.51. The van der Waals surface area contributed by atoms with Crippen molar-refractivity contribution in [2.24, 2.45) is 5.92 Å². The summed E-state index contributed by atoms with van der Waals surface area (Å²) in [5.74, 6) is 0.249. The number of allylic oxidation sites excluding steroid dienone is 1. The van der Waals surface area contributed by atoms with E-state index < -0.39 is 17.8 Å². The number of nitrogens with one attached hydrogen (secondary N) is 1. The van der Waals surface area contributed by atoms with Gasteiger partial charge in [0.05, 0.1) is 11.4 Å². The number of nitrogens with zero attached hydrogens (tertiary/aromatic N) is 1. The fraction of sp³-hybridized carbons (Fsp3) is 0.526. The molecular weight excluding hydrogens is 329 g/mol. The lowest BCUT2D eigenvalue weighted by Gasteiger charge is -2.45. The second kappa shape index (κ2) is 7.10. The molecular formula is C19H25F3N2O. The summed E-state index contributed by atoms with van der Waals surface area (Å²) >= 11 is 0. The number of alkyl halides is 3. The Hall–Kier alpha value is -1.98. The number of halogens is 3. The van der Waals surface area contributed by atoms with Gasteiger partial charge in [0.25, 0.3) is 0 Å². The zero-order chi connectivity index (χ0) is 18.8. The third-order valence-corrected chi connectivity index (χ3v) is 4.70. The molecule has 3 nitrogen and oxygen atoms in total. The first-order valence-electron chi connectivity index (χ1n) is 8.46. The number of hydrogen-bond acceptors (Lipinski definition) is 2. The second-order valence-electron chi connectivity index (χ2n) is 7.05. The molecule has 1 saturated carbocycles. The first-order valence-corrected chi connectivity index (χ1v) is 8.46. The maximum Gasteiger partial charge on any atom is 0.415 e. The monoisotopic (exact) mass is 354 g/mol. The van der Waals surface area contributed by atoms with Crippen LogP contribution in [0.25, 0.3) is 0 Å². The Morgan fingerprint density at radius 3 is 2.36 bits per heavy atom. The second-order valence-corrected chi connectivity index (χ2v) is 7.05. The minimum Gasteiger partial charge on any atom is -0.350 e. The predicted molar refractivity (Wildman–Crippen MR) is 94.7 cm³/mol. The van der Waals surface area contributed by atoms with Gasteiger partial charge in [0.1, 0.15) is 0 Å². The fourth-order valence-corrected chi connectivity index (χ4v) is 3.32. The van der Waals surface area contributed by atoms with E-state index in [9.17, 15) is 18.0 Å². The van der Waals surface area contributed by atoms with Gasteiger partial charge >= 0.3 is 6.18 Å². The Morgan fingerprint density at radius 1 is 1.28 bits per heavy atom. The number of benzene rings is 1. The van der Waals surface area contributed by atoms with Crippen LogP contribution in [-0.4, -0.2) is 24.2 Å². The molecule has 1 aromatic carbocycles. The largest absolute Gasteiger partial charge is 0.415 e. The lowest BCUT2D eigenvalue weighted by Crippen LogP contribution is -2.58. The van der Waals surface area contributed by atoms with Crippen LogP contribution in [0.3, 0.4) is 0 Å². The van der Waals surface area contributed by atoms with Crippen LogP contribution in [0, 0.1) is 5.92 Å². The van der Waals surface area contributed by atoms with E-state index in [0.29, 0.717) is 17.8 Å². The first kappa shape index (κ1) is 19.3. The smallest absolute Gasteiger partial charge is 0.350 e. The molecule has 1 atom stereocenters. The van der Waals surface area contributed by atoms with Crippen molar-refractivity contribution in [2.75, 3.05) is 10.2 Å². The summed E-state index contributed by atoms with van der Waals surface area (Å²) in [5.41, 5.74) is -0.691. The highest BCUT2D eigenvalue weighted by molar-refractivity contribution is 5.82. The lowest BCUT2D eigenvalue weighted by atomic mass is 9.91. The number of carbonyl (C=O) groups excluding carboxylic acids is 1. The Kier molecular flexibility index (Phi) is 5.49. The SMILES string of the molecule is CC(=CC(C)(N(c1ccccc1NC=O)C(C)C)C(F)(F)F)C1CC1. The molecule has 0 radical (unpaired) electrons. The Balaban J connectivity index is 2.62. The number of anilines is 2. The average Bonchev–Trinajstić information content (AvgIpc) is 3.32. The highest BCUT2D eigenvalue weighted by Crippen LogP contribution is 2.45. The number of amides is 1. The zero-order valence-corrected chi connectivity index (χ0v) is 15.0. The van der Waals surface area contributed by atoms with Gasteiger partial charge in [0.2, 0.25) is 6.41 Å². The lowest BCUT2D eigenvalue weighted by molar-refractivity contribution is -0.169. The van der Waals surface area contributed by atoms with Gasteiger partial charge in [-0.15, -0.1) is 0 Å². The summed E-state index contributed by atoms with van der Waals surface area (Å²) in [6.07, 6.45) is -0.750. The highest BCUT2D eigenvalue weighted by atomic mass is 19.4. The molecule has 1 aromatic rings. The van der Waals surface area contributed by atoms with Crippen LogP contribution in [0.5, 0.6) is 0 Å². The van der Waals surface area contributed by atoms with Gasteiger partial charge in [0.15, 0.2) is 5.54 Å². The third kappa shape index (κ3) is 3.99. The fourth-order valence-electron chi connectivity index (χ4n) is 3.32. The van der Waals surface area contributed by atoms with Crippen molar-refractivity contribution in [2.45, 2.75) is 58.3 Å². The Morgan fingerprint density at radius 2 is 1.88 bits per heavy atom. The van der Waals surface area contributed by atoms with E-state index in [4.69, 9.17) is 0 Å². The molecule has 0 bridgehead atoms. The van der Waals surface area contributed by atoms with Gasteiger partial charge in [-0.2, -0.15) is 13.2 Å². The standard InChI is InChI=1S/C19H25F3N2O/c1-13(2)24(17-8-6-5-7-16(17)23-12-25)18(4,19(20,21)22)11-14(3)15-9-10-15/h5-8,11-13,15H,9-10H2,1-4H3,(H,23,25). The molecule has 0 spiro atoms. The molecule has 138 valence electrons. The maximum absolute atomic E-state index is 14.2. The normalized spacial score (nSPS) is 18.0. The van der Waals surface area contributed by atoms with Gasteiger partial charge in [-0.25, -0.2) is 0 Å². The van der Waals surface area contributed by atoms with E-state index in [1.807, 2.05) is 0 Å². The first-order chi connectivity index (χ1) is 11.6. The van der Waals surface area contributed by atoms with Gasteiger partial charge < -0.3 is 10.2 Å². The summed E-state index contributed by atoms with van der Waals surface area (Å²) in [6, 6.07) is 6.15. The summed E-state index contributed by atoms with van der Waals surface area (Å²) < 4.78 is 42.6. The molecule has 0 aliphatic heterocycles. The van der Waals surface area contributed by atoms with E-state index >= 15 is 0 Å². The Bertz CT molecular complexity index is 650. The summed E-state index contributed by atoms with van der Waals surface area (Å²) in [6.45, 7) is 6.43. The van der Waals surface area contributed by atoms with Crippen LogP contribution in [-0.2, 0) is 4.79 Å². The molecule has 1 N–H and O–H groups in total. The van der Waals surface area contributed by atoms with Crippen molar-refractivity contribution in [1.29, 1.82) is 0 Å². The van der Waals surface area contributed by atoms with E-state index in [2.05, 4.69) is 5.32 Å². The summed E-state index contributed by atoms with van der Waals surface area (Å²) in [7, 11) is 0. The Labute approximate surface area is 146 Å². The van der Waals surface area contributed by atoms with Crippen molar-refractivity contribution in [3.63, 3.8) is 0 Å².